The maximum absolute atomic E-state index is 10.8. The minimum absolute atomic E-state index is 0.0580. The smallest absolute Gasteiger partial charge is 0.317 e. The molecule has 1 saturated carbocycles. The Morgan fingerprint density at radius 1 is 1.33 bits per heavy atom. The second-order valence-electron chi connectivity index (χ2n) is 7.19. The Balaban J connectivity index is 1.48. The number of benzene rings is 1. The molecule has 5 heteroatoms. The molecule has 2 fully saturated rings. The van der Waals surface area contributed by atoms with Crippen LogP contribution in [0.25, 0.3) is 0 Å². The first kappa shape index (κ1) is 17.4. The van der Waals surface area contributed by atoms with Crippen LogP contribution < -0.4 is 0 Å². The van der Waals surface area contributed by atoms with Crippen LogP contribution in [0, 0.1) is 0 Å². The van der Waals surface area contributed by atoms with E-state index in [-0.39, 0.29) is 12.6 Å². The van der Waals surface area contributed by atoms with Gasteiger partial charge in [-0.2, -0.15) is 0 Å². The summed E-state index contributed by atoms with van der Waals surface area (Å²) in [6, 6.07) is 9.10. The maximum Gasteiger partial charge on any atom is 0.317 e. The lowest BCUT2D eigenvalue weighted by Gasteiger charge is -2.34. The fourth-order valence-electron chi connectivity index (χ4n) is 3.57. The summed E-state index contributed by atoms with van der Waals surface area (Å²) in [5, 5.41) is 8.85. The third kappa shape index (κ3) is 4.79. The topological polar surface area (TPSA) is 53.0 Å². The number of nitrogens with zero attached hydrogens (tertiary/aromatic N) is 2. The van der Waals surface area contributed by atoms with Crippen molar-refractivity contribution < 1.29 is 14.6 Å². The zero-order valence-corrected chi connectivity index (χ0v) is 14.5. The highest BCUT2D eigenvalue weighted by Crippen LogP contribution is 2.36. The van der Waals surface area contributed by atoms with Crippen molar-refractivity contribution in [1.29, 1.82) is 0 Å². The van der Waals surface area contributed by atoms with Crippen molar-refractivity contribution >= 4 is 5.97 Å². The molecule has 0 spiro atoms. The Kier molecular flexibility index (Phi) is 5.87. The molecule has 3 rings (SSSR count). The van der Waals surface area contributed by atoms with Crippen LogP contribution in [0.2, 0.25) is 0 Å². The van der Waals surface area contributed by atoms with E-state index in [0.29, 0.717) is 13.2 Å². The van der Waals surface area contributed by atoms with Gasteiger partial charge in [0.1, 0.15) is 0 Å². The van der Waals surface area contributed by atoms with Gasteiger partial charge in [-0.05, 0) is 36.9 Å². The van der Waals surface area contributed by atoms with Crippen molar-refractivity contribution in [3.8, 4) is 0 Å². The second kappa shape index (κ2) is 8.10. The zero-order chi connectivity index (χ0) is 16.9. The summed E-state index contributed by atoms with van der Waals surface area (Å²) in [4.78, 5) is 15.0. The van der Waals surface area contributed by atoms with Gasteiger partial charge in [-0.3, -0.25) is 14.6 Å². The third-order valence-electron chi connectivity index (χ3n) is 5.11. The Hall–Kier alpha value is -1.43. The van der Waals surface area contributed by atoms with Crippen molar-refractivity contribution in [3.63, 3.8) is 0 Å². The number of rotatable bonds is 7. The molecule has 1 aliphatic carbocycles. The minimum Gasteiger partial charge on any atom is -0.480 e. The number of ether oxygens (including phenoxy) is 1. The summed E-state index contributed by atoms with van der Waals surface area (Å²) in [5.74, 6) is -0.00620. The SMILES string of the molecule is CN(CC(=O)O)CC1CN(Cc2ccc(C3CCC3)cc2)CCO1. The Morgan fingerprint density at radius 2 is 2.08 bits per heavy atom. The molecular weight excluding hydrogens is 304 g/mol. The van der Waals surface area contributed by atoms with Gasteiger partial charge in [0.2, 0.25) is 0 Å². The summed E-state index contributed by atoms with van der Waals surface area (Å²) in [5.41, 5.74) is 2.83. The monoisotopic (exact) mass is 332 g/mol. The predicted octanol–water partition coefficient (Wildman–Crippen LogP) is 2.17. The lowest BCUT2D eigenvalue weighted by molar-refractivity contribution is -0.138. The van der Waals surface area contributed by atoms with Gasteiger partial charge in [0.25, 0.3) is 0 Å². The predicted molar refractivity (Wildman–Crippen MR) is 93.2 cm³/mol. The normalized spacial score (nSPS) is 22.5. The van der Waals surface area contributed by atoms with Gasteiger partial charge in [0, 0.05) is 26.2 Å². The van der Waals surface area contributed by atoms with Crippen LogP contribution in [0.15, 0.2) is 24.3 Å². The molecule has 132 valence electrons. The molecule has 1 aromatic carbocycles. The first-order chi connectivity index (χ1) is 11.6. The van der Waals surface area contributed by atoms with E-state index in [1.807, 2.05) is 11.9 Å². The van der Waals surface area contributed by atoms with Crippen LogP contribution in [-0.4, -0.2) is 66.8 Å². The number of carboxylic acids is 1. The van der Waals surface area contributed by atoms with E-state index >= 15 is 0 Å². The number of likely N-dealkylation sites (N-methyl/N-ethyl adjacent to an activating group) is 1. The van der Waals surface area contributed by atoms with Crippen LogP contribution in [0.1, 0.15) is 36.3 Å². The average Bonchev–Trinajstić information content (AvgIpc) is 2.47. The third-order valence-corrected chi connectivity index (χ3v) is 5.11. The van der Waals surface area contributed by atoms with E-state index in [0.717, 1.165) is 25.6 Å². The largest absolute Gasteiger partial charge is 0.480 e. The summed E-state index contributed by atoms with van der Waals surface area (Å²) >= 11 is 0. The summed E-state index contributed by atoms with van der Waals surface area (Å²) in [6.07, 6.45) is 4.14. The second-order valence-corrected chi connectivity index (χ2v) is 7.19. The van der Waals surface area contributed by atoms with Crippen molar-refractivity contribution in [2.24, 2.45) is 0 Å². The molecule has 1 heterocycles. The van der Waals surface area contributed by atoms with E-state index in [2.05, 4.69) is 29.2 Å². The molecule has 1 saturated heterocycles. The van der Waals surface area contributed by atoms with E-state index < -0.39 is 5.97 Å². The van der Waals surface area contributed by atoms with Crippen LogP contribution >= 0.6 is 0 Å². The van der Waals surface area contributed by atoms with Crippen LogP contribution in [0.5, 0.6) is 0 Å². The molecule has 0 radical (unpaired) electrons. The van der Waals surface area contributed by atoms with E-state index in [1.165, 1.54) is 30.4 Å². The van der Waals surface area contributed by atoms with Gasteiger partial charge < -0.3 is 9.84 Å². The summed E-state index contributed by atoms with van der Waals surface area (Å²) in [6.45, 7) is 4.16. The standard InChI is InChI=1S/C19H28N2O3/c1-20(14-19(22)23)12-18-13-21(9-10-24-18)11-15-5-7-17(8-6-15)16-3-2-4-16/h5-8,16,18H,2-4,9-14H2,1H3,(H,22,23). The molecule has 0 aromatic heterocycles. The summed E-state index contributed by atoms with van der Waals surface area (Å²) in [7, 11) is 1.83. The lowest BCUT2D eigenvalue weighted by atomic mass is 9.80. The van der Waals surface area contributed by atoms with Crippen molar-refractivity contribution in [2.75, 3.05) is 39.8 Å². The number of hydrogen-bond acceptors (Lipinski definition) is 4. The Morgan fingerprint density at radius 3 is 2.71 bits per heavy atom. The van der Waals surface area contributed by atoms with E-state index in [1.54, 1.807) is 0 Å². The molecule has 2 aliphatic rings. The number of morpholine rings is 1. The Bertz CT molecular complexity index is 542. The van der Waals surface area contributed by atoms with Gasteiger partial charge in [-0.25, -0.2) is 0 Å². The highest BCUT2D eigenvalue weighted by Gasteiger charge is 2.23. The molecular formula is C19H28N2O3. The molecule has 1 N–H and O–H groups in total. The highest BCUT2D eigenvalue weighted by atomic mass is 16.5. The number of aliphatic carboxylic acids is 1. The Labute approximate surface area is 144 Å². The van der Waals surface area contributed by atoms with Crippen LogP contribution in [0.4, 0.5) is 0 Å². The first-order valence-corrected chi connectivity index (χ1v) is 8.93. The van der Waals surface area contributed by atoms with Crippen molar-refractivity contribution in [1.82, 2.24) is 9.80 Å². The maximum atomic E-state index is 10.8. The van der Waals surface area contributed by atoms with Crippen LogP contribution in [-0.2, 0) is 16.1 Å². The summed E-state index contributed by atoms with van der Waals surface area (Å²) < 4.78 is 5.79. The van der Waals surface area contributed by atoms with Gasteiger partial charge in [-0.15, -0.1) is 0 Å². The molecule has 5 nitrogen and oxygen atoms in total. The minimum atomic E-state index is -0.795. The molecule has 1 aromatic rings. The van der Waals surface area contributed by atoms with E-state index in [4.69, 9.17) is 9.84 Å². The molecule has 1 atom stereocenters. The molecule has 1 unspecified atom stereocenters. The molecule has 1 aliphatic heterocycles. The van der Waals surface area contributed by atoms with Gasteiger partial charge in [-0.1, -0.05) is 30.7 Å². The number of carboxylic acid groups (broad SMARTS) is 1. The average molecular weight is 332 g/mol. The fourth-order valence-corrected chi connectivity index (χ4v) is 3.57. The van der Waals surface area contributed by atoms with Gasteiger partial charge >= 0.3 is 5.97 Å². The van der Waals surface area contributed by atoms with E-state index in [9.17, 15) is 4.79 Å². The lowest BCUT2D eigenvalue weighted by Crippen LogP contribution is -2.47. The first-order valence-electron chi connectivity index (χ1n) is 8.93. The number of carbonyl (C=O) groups is 1. The quantitative estimate of drug-likeness (QED) is 0.829. The molecule has 0 bridgehead atoms. The highest BCUT2D eigenvalue weighted by molar-refractivity contribution is 5.69. The zero-order valence-electron chi connectivity index (χ0n) is 14.5. The van der Waals surface area contributed by atoms with Crippen LogP contribution in [0.3, 0.4) is 0 Å². The number of hydrogen-bond donors (Lipinski definition) is 1. The van der Waals surface area contributed by atoms with Gasteiger partial charge in [0.05, 0.1) is 19.3 Å². The van der Waals surface area contributed by atoms with Crippen molar-refractivity contribution in [3.05, 3.63) is 35.4 Å². The fraction of sp³-hybridized carbons (Fsp3) is 0.632. The van der Waals surface area contributed by atoms with Gasteiger partial charge in [0.15, 0.2) is 0 Å². The van der Waals surface area contributed by atoms with Crippen molar-refractivity contribution in [2.45, 2.75) is 37.8 Å². The molecule has 24 heavy (non-hydrogen) atoms. The molecule has 0 amide bonds.